The predicted molar refractivity (Wildman–Crippen MR) is 50.2 cm³/mol. The summed E-state index contributed by atoms with van der Waals surface area (Å²) >= 11 is 0. The highest BCUT2D eigenvalue weighted by Gasteiger charge is 2.07. The van der Waals surface area contributed by atoms with E-state index in [1.807, 2.05) is 19.9 Å². The minimum Gasteiger partial charge on any atom is -0.288 e. The summed E-state index contributed by atoms with van der Waals surface area (Å²) in [5, 5.41) is 0. The van der Waals surface area contributed by atoms with Crippen molar-refractivity contribution < 1.29 is 4.79 Å². The van der Waals surface area contributed by atoms with Crippen molar-refractivity contribution in [1.29, 1.82) is 0 Å². The molecule has 0 spiro atoms. The van der Waals surface area contributed by atoms with Gasteiger partial charge in [-0.1, -0.05) is 0 Å². The minimum atomic E-state index is -0.160. The third-order valence-electron chi connectivity index (χ3n) is 1.73. The third kappa shape index (κ3) is 2.26. The highest BCUT2D eigenvalue weighted by molar-refractivity contribution is 5.94. The van der Waals surface area contributed by atoms with Crippen LogP contribution in [0.2, 0.25) is 0 Å². The van der Waals surface area contributed by atoms with Crippen molar-refractivity contribution in [2.24, 2.45) is 0 Å². The first-order valence-corrected chi connectivity index (χ1v) is 4.05. The molecule has 4 heteroatoms. The van der Waals surface area contributed by atoms with Gasteiger partial charge in [-0.05, 0) is 25.5 Å². The number of hydrogen-bond donors (Lipinski definition) is 2. The molecule has 1 rings (SSSR count). The standard InChI is InChI=1S/C9H13N3O/c1-6-4-7(2)11-5-8(6)9(13)12-10-3/h4-5,10H,1-3H3,(H,12,13). The number of amides is 1. The Bertz CT molecular complexity index is 323. The normalized spacial score (nSPS) is 9.77. The van der Waals surface area contributed by atoms with Crippen molar-refractivity contribution >= 4 is 5.91 Å². The molecule has 4 nitrogen and oxygen atoms in total. The Balaban J connectivity index is 2.95. The maximum atomic E-state index is 11.4. The average molecular weight is 179 g/mol. The molecule has 0 unspecified atom stereocenters. The average Bonchev–Trinajstić information content (AvgIpc) is 2.04. The van der Waals surface area contributed by atoms with Crippen LogP contribution in [0, 0.1) is 13.8 Å². The molecule has 0 saturated heterocycles. The van der Waals surface area contributed by atoms with Crippen LogP contribution in [0.25, 0.3) is 0 Å². The Morgan fingerprint density at radius 1 is 1.46 bits per heavy atom. The van der Waals surface area contributed by atoms with Gasteiger partial charge in [0.2, 0.25) is 0 Å². The molecule has 1 aromatic rings. The summed E-state index contributed by atoms with van der Waals surface area (Å²) in [7, 11) is 1.65. The SMILES string of the molecule is CNNC(=O)c1cnc(C)cc1C. The van der Waals surface area contributed by atoms with Gasteiger partial charge in [0.25, 0.3) is 5.91 Å². The van der Waals surface area contributed by atoms with E-state index in [1.165, 1.54) is 0 Å². The fraction of sp³-hybridized carbons (Fsp3) is 0.333. The first kappa shape index (κ1) is 9.67. The Kier molecular flexibility index (Phi) is 2.97. The number of nitrogens with one attached hydrogen (secondary N) is 2. The van der Waals surface area contributed by atoms with Crippen LogP contribution in [-0.2, 0) is 0 Å². The monoisotopic (exact) mass is 179 g/mol. The third-order valence-corrected chi connectivity index (χ3v) is 1.73. The van der Waals surface area contributed by atoms with E-state index in [0.717, 1.165) is 11.3 Å². The fourth-order valence-electron chi connectivity index (χ4n) is 1.12. The van der Waals surface area contributed by atoms with Gasteiger partial charge in [0.1, 0.15) is 0 Å². The number of hydrazine groups is 1. The van der Waals surface area contributed by atoms with E-state index in [2.05, 4.69) is 15.8 Å². The Morgan fingerprint density at radius 2 is 2.15 bits per heavy atom. The van der Waals surface area contributed by atoms with Gasteiger partial charge in [0.15, 0.2) is 0 Å². The fourth-order valence-corrected chi connectivity index (χ4v) is 1.12. The second kappa shape index (κ2) is 4.00. The molecule has 0 aliphatic rings. The van der Waals surface area contributed by atoms with Crippen molar-refractivity contribution in [2.45, 2.75) is 13.8 Å². The van der Waals surface area contributed by atoms with Gasteiger partial charge < -0.3 is 0 Å². The number of carbonyl (C=O) groups is 1. The number of aryl methyl sites for hydroxylation is 2. The molecule has 0 atom stereocenters. The van der Waals surface area contributed by atoms with E-state index in [4.69, 9.17) is 0 Å². The lowest BCUT2D eigenvalue weighted by atomic mass is 10.1. The molecule has 0 aliphatic heterocycles. The molecule has 0 fully saturated rings. The van der Waals surface area contributed by atoms with Crippen molar-refractivity contribution in [2.75, 3.05) is 7.05 Å². The molecule has 13 heavy (non-hydrogen) atoms. The number of hydrogen-bond acceptors (Lipinski definition) is 3. The number of aromatic nitrogens is 1. The van der Waals surface area contributed by atoms with Crippen LogP contribution in [0.1, 0.15) is 21.6 Å². The van der Waals surface area contributed by atoms with Crippen LogP contribution in [-0.4, -0.2) is 17.9 Å². The molecule has 1 amide bonds. The van der Waals surface area contributed by atoms with Crippen molar-refractivity contribution in [3.8, 4) is 0 Å². The van der Waals surface area contributed by atoms with Gasteiger partial charge in [0.05, 0.1) is 5.56 Å². The van der Waals surface area contributed by atoms with Gasteiger partial charge in [-0.15, -0.1) is 0 Å². The first-order valence-electron chi connectivity index (χ1n) is 4.05. The molecular weight excluding hydrogens is 166 g/mol. The number of pyridine rings is 1. The van der Waals surface area contributed by atoms with Crippen LogP contribution >= 0.6 is 0 Å². The molecule has 1 aromatic heterocycles. The predicted octanol–water partition coefficient (Wildman–Crippen LogP) is 0.563. The van der Waals surface area contributed by atoms with Crippen LogP contribution in [0.15, 0.2) is 12.3 Å². The van der Waals surface area contributed by atoms with Gasteiger partial charge in [-0.3, -0.25) is 15.2 Å². The topological polar surface area (TPSA) is 54.0 Å². The summed E-state index contributed by atoms with van der Waals surface area (Å²) in [6, 6.07) is 1.88. The first-order chi connectivity index (χ1) is 6.15. The summed E-state index contributed by atoms with van der Waals surface area (Å²) in [6.07, 6.45) is 1.58. The lowest BCUT2D eigenvalue weighted by molar-refractivity contribution is 0.0937. The zero-order valence-corrected chi connectivity index (χ0v) is 8.01. The van der Waals surface area contributed by atoms with E-state index >= 15 is 0 Å². The highest BCUT2D eigenvalue weighted by Crippen LogP contribution is 2.06. The largest absolute Gasteiger partial charge is 0.288 e. The Morgan fingerprint density at radius 3 is 2.69 bits per heavy atom. The van der Waals surface area contributed by atoms with Crippen LogP contribution in [0.5, 0.6) is 0 Å². The smallest absolute Gasteiger partial charge is 0.267 e. The molecule has 0 bridgehead atoms. The number of nitrogens with zero attached hydrogens (tertiary/aromatic N) is 1. The van der Waals surface area contributed by atoms with Gasteiger partial charge >= 0.3 is 0 Å². The maximum Gasteiger partial charge on any atom is 0.267 e. The molecule has 1 heterocycles. The summed E-state index contributed by atoms with van der Waals surface area (Å²) in [4.78, 5) is 15.4. The molecule has 2 N–H and O–H groups in total. The molecule has 0 aromatic carbocycles. The van der Waals surface area contributed by atoms with E-state index in [0.29, 0.717) is 5.56 Å². The van der Waals surface area contributed by atoms with E-state index < -0.39 is 0 Å². The quantitative estimate of drug-likeness (QED) is 0.652. The van der Waals surface area contributed by atoms with E-state index in [1.54, 1.807) is 13.2 Å². The molecule has 0 saturated carbocycles. The van der Waals surface area contributed by atoms with E-state index in [9.17, 15) is 4.79 Å². The second-order valence-corrected chi connectivity index (χ2v) is 2.84. The molecule has 70 valence electrons. The van der Waals surface area contributed by atoms with Crippen LogP contribution < -0.4 is 10.9 Å². The zero-order chi connectivity index (χ0) is 9.84. The molecule has 0 radical (unpaired) electrons. The van der Waals surface area contributed by atoms with Crippen molar-refractivity contribution in [1.82, 2.24) is 15.8 Å². The summed E-state index contributed by atoms with van der Waals surface area (Å²) in [5.41, 5.74) is 7.52. The number of carbonyl (C=O) groups excluding carboxylic acids is 1. The highest BCUT2D eigenvalue weighted by atomic mass is 16.2. The lowest BCUT2D eigenvalue weighted by Crippen LogP contribution is -2.34. The summed E-state index contributed by atoms with van der Waals surface area (Å²) < 4.78 is 0. The number of rotatable bonds is 2. The lowest BCUT2D eigenvalue weighted by Gasteiger charge is -2.05. The minimum absolute atomic E-state index is 0.160. The summed E-state index contributed by atoms with van der Waals surface area (Å²) in [6.45, 7) is 3.78. The Labute approximate surface area is 77.3 Å². The zero-order valence-electron chi connectivity index (χ0n) is 8.01. The van der Waals surface area contributed by atoms with Gasteiger partial charge in [0, 0.05) is 18.9 Å². The van der Waals surface area contributed by atoms with Crippen molar-refractivity contribution in [3.05, 3.63) is 29.1 Å². The Hall–Kier alpha value is -1.42. The van der Waals surface area contributed by atoms with E-state index in [-0.39, 0.29) is 5.91 Å². The van der Waals surface area contributed by atoms with Crippen LogP contribution in [0.3, 0.4) is 0 Å². The van der Waals surface area contributed by atoms with Crippen LogP contribution in [0.4, 0.5) is 0 Å². The molecule has 0 aliphatic carbocycles. The summed E-state index contributed by atoms with van der Waals surface area (Å²) in [5.74, 6) is -0.160. The molecular formula is C9H13N3O. The maximum absolute atomic E-state index is 11.4. The van der Waals surface area contributed by atoms with Gasteiger partial charge in [-0.2, -0.15) is 0 Å². The van der Waals surface area contributed by atoms with Gasteiger partial charge in [-0.25, -0.2) is 5.43 Å². The van der Waals surface area contributed by atoms with Crippen molar-refractivity contribution in [3.63, 3.8) is 0 Å². The second-order valence-electron chi connectivity index (χ2n) is 2.84.